The van der Waals surface area contributed by atoms with Gasteiger partial charge in [-0.15, -0.1) is 0 Å². The van der Waals surface area contributed by atoms with Gasteiger partial charge in [-0.25, -0.2) is 0 Å². The summed E-state index contributed by atoms with van der Waals surface area (Å²) in [6.45, 7) is 6.23. The lowest BCUT2D eigenvalue weighted by Gasteiger charge is -2.37. The molecule has 1 aromatic carbocycles. The fraction of sp³-hybridized carbons (Fsp3) is 0.412. The van der Waals surface area contributed by atoms with Gasteiger partial charge in [0.05, 0.1) is 22.7 Å². The van der Waals surface area contributed by atoms with Crippen molar-refractivity contribution in [3.63, 3.8) is 0 Å². The molecule has 1 saturated heterocycles. The summed E-state index contributed by atoms with van der Waals surface area (Å²) in [5, 5.41) is 9.01. The van der Waals surface area contributed by atoms with Crippen LogP contribution >= 0.6 is 0 Å². The van der Waals surface area contributed by atoms with Crippen LogP contribution < -0.4 is 4.90 Å². The summed E-state index contributed by atoms with van der Waals surface area (Å²) in [4.78, 5) is 15.1. The van der Waals surface area contributed by atoms with Gasteiger partial charge < -0.3 is 9.80 Å². The number of carbonyl (C=O) groups is 1. The molecule has 2 rings (SSSR count). The van der Waals surface area contributed by atoms with Gasteiger partial charge in [0, 0.05) is 25.8 Å². The fourth-order valence-electron chi connectivity index (χ4n) is 2.88. The van der Waals surface area contributed by atoms with Crippen LogP contribution in [-0.2, 0) is 11.0 Å². The SMILES string of the molecule is C=CC(=O)N1CCC(C)(N(C)c2cc(C#N)cc(C(F)(F)F)c2)C1. The van der Waals surface area contributed by atoms with Crippen molar-refractivity contribution in [3.8, 4) is 6.07 Å². The number of hydrogen-bond acceptors (Lipinski definition) is 3. The Labute approximate surface area is 138 Å². The second kappa shape index (κ2) is 6.19. The Morgan fingerprint density at radius 2 is 2.12 bits per heavy atom. The van der Waals surface area contributed by atoms with Gasteiger partial charge in [0.1, 0.15) is 0 Å². The van der Waals surface area contributed by atoms with Gasteiger partial charge in [-0.3, -0.25) is 4.79 Å². The molecule has 1 aliphatic rings. The molecule has 24 heavy (non-hydrogen) atoms. The van der Waals surface area contributed by atoms with Crippen LogP contribution in [0.15, 0.2) is 30.9 Å². The van der Waals surface area contributed by atoms with E-state index < -0.39 is 17.3 Å². The van der Waals surface area contributed by atoms with Crippen molar-refractivity contribution >= 4 is 11.6 Å². The summed E-state index contributed by atoms with van der Waals surface area (Å²) in [5.41, 5.74) is -1.12. The summed E-state index contributed by atoms with van der Waals surface area (Å²) in [7, 11) is 1.68. The maximum Gasteiger partial charge on any atom is 0.416 e. The molecule has 0 N–H and O–H groups in total. The number of anilines is 1. The number of hydrogen-bond donors (Lipinski definition) is 0. The summed E-state index contributed by atoms with van der Waals surface area (Å²) in [6.07, 6.45) is -2.69. The Hall–Kier alpha value is -2.49. The van der Waals surface area contributed by atoms with Crippen LogP contribution in [0.1, 0.15) is 24.5 Å². The van der Waals surface area contributed by atoms with E-state index in [0.29, 0.717) is 25.2 Å². The van der Waals surface area contributed by atoms with Crippen LogP contribution in [0.25, 0.3) is 0 Å². The van der Waals surface area contributed by atoms with Crippen LogP contribution in [0.4, 0.5) is 18.9 Å². The Morgan fingerprint density at radius 1 is 1.46 bits per heavy atom. The second-order valence-electron chi connectivity index (χ2n) is 6.15. The minimum Gasteiger partial charge on any atom is -0.367 e. The van der Waals surface area contributed by atoms with Gasteiger partial charge in [-0.05, 0) is 37.6 Å². The first-order valence-electron chi connectivity index (χ1n) is 7.38. The van der Waals surface area contributed by atoms with Crippen LogP contribution in [0.5, 0.6) is 0 Å². The summed E-state index contributed by atoms with van der Waals surface area (Å²) in [5.74, 6) is -0.200. The highest BCUT2D eigenvalue weighted by molar-refractivity contribution is 5.87. The maximum atomic E-state index is 13.0. The van der Waals surface area contributed by atoms with Gasteiger partial charge in [0.15, 0.2) is 0 Å². The molecule has 1 atom stereocenters. The fourth-order valence-corrected chi connectivity index (χ4v) is 2.88. The molecule has 0 radical (unpaired) electrons. The van der Waals surface area contributed by atoms with E-state index in [2.05, 4.69) is 6.58 Å². The average molecular weight is 337 g/mol. The molecule has 7 heteroatoms. The molecular weight excluding hydrogens is 319 g/mol. The number of alkyl halides is 3. The predicted molar refractivity (Wildman–Crippen MR) is 84.4 cm³/mol. The zero-order chi connectivity index (χ0) is 18.1. The minimum absolute atomic E-state index is 0.0488. The largest absolute Gasteiger partial charge is 0.416 e. The van der Waals surface area contributed by atoms with Gasteiger partial charge >= 0.3 is 6.18 Å². The van der Waals surface area contributed by atoms with E-state index in [1.807, 2.05) is 6.92 Å². The maximum absolute atomic E-state index is 13.0. The number of likely N-dealkylation sites (N-methyl/N-ethyl adjacent to an activating group) is 1. The number of likely N-dealkylation sites (tertiary alicyclic amines) is 1. The molecule has 1 aliphatic heterocycles. The number of halogens is 3. The Bertz CT molecular complexity index is 708. The van der Waals surface area contributed by atoms with Gasteiger partial charge in [0.25, 0.3) is 0 Å². The number of benzene rings is 1. The molecule has 1 aromatic rings. The van der Waals surface area contributed by atoms with E-state index in [4.69, 9.17) is 5.26 Å². The van der Waals surface area contributed by atoms with Crippen molar-refractivity contribution in [2.45, 2.75) is 25.1 Å². The molecule has 0 saturated carbocycles. The third-order valence-electron chi connectivity index (χ3n) is 4.51. The molecule has 0 aliphatic carbocycles. The van der Waals surface area contributed by atoms with Crippen LogP contribution in [-0.4, -0.2) is 36.5 Å². The van der Waals surface area contributed by atoms with E-state index in [1.165, 1.54) is 12.1 Å². The molecule has 1 amide bonds. The number of carbonyl (C=O) groups excluding carboxylic acids is 1. The van der Waals surface area contributed by atoms with E-state index >= 15 is 0 Å². The topological polar surface area (TPSA) is 47.3 Å². The van der Waals surface area contributed by atoms with Gasteiger partial charge in [-0.2, -0.15) is 18.4 Å². The number of rotatable bonds is 3. The van der Waals surface area contributed by atoms with E-state index in [9.17, 15) is 18.0 Å². The molecule has 1 unspecified atom stereocenters. The molecule has 1 heterocycles. The second-order valence-corrected chi connectivity index (χ2v) is 6.15. The van der Waals surface area contributed by atoms with E-state index in [0.717, 1.165) is 12.1 Å². The highest BCUT2D eigenvalue weighted by Gasteiger charge is 2.40. The first kappa shape index (κ1) is 17.9. The Kier molecular flexibility index (Phi) is 4.61. The Balaban J connectivity index is 2.36. The smallest absolute Gasteiger partial charge is 0.367 e. The first-order chi connectivity index (χ1) is 11.1. The molecular formula is C17H18F3N3O. The Morgan fingerprint density at radius 3 is 2.67 bits per heavy atom. The number of nitriles is 1. The summed E-state index contributed by atoms with van der Waals surface area (Å²) in [6, 6.07) is 5.07. The number of amides is 1. The highest BCUT2D eigenvalue weighted by atomic mass is 19.4. The van der Waals surface area contributed by atoms with Gasteiger partial charge in [-0.1, -0.05) is 6.58 Å². The van der Waals surface area contributed by atoms with Crippen LogP contribution in [0, 0.1) is 11.3 Å². The van der Waals surface area contributed by atoms with Crippen LogP contribution in [0.3, 0.4) is 0 Å². The number of nitrogens with zero attached hydrogens (tertiary/aromatic N) is 3. The normalized spacial score (nSPS) is 20.6. The van der Waals surface area contributed by atoms with Crippen molar-refractivity contribution in [1.82, 2.24) is 4.90 Å². The van der Waals surface area contributed by atoms with Crippen molar-refractivity contribution < 1.29 is 18.0 Å². The lowest BCUT2D eigenvalue weighted by Crippen LogP contribution is -2.47. The zero-order valence-corrected chi connectivity index (χ0v) is 13.5. The highest BCUT2D eigenvalue weighted by Crippen LogP contribution is 2.36. The molecule has 0 bridgehead atoms. The molecule has 0 spiro atoms. The van der Waals surface area contributed by atoms with Crippen molar-refractivity contribution in [1.29, 1.82) is 5.26 Å². The zero-order valence-electron chi connectivity index (χ0n) is 13.5. The van der Waals surface area contributed by atoms with Gasteiger partial charge in [0.2, 0.25) is 5.91 Å². The quantitative estimate of drug-likeness (QED) is 0.796. The van der Waals surface area contributed by atoms with Crippen molar-refractivity contribution in [2.24, 2.45) is 0 Å². The predicted octanol–water partition coefficient (Wildman–Crippen LogP) is 3.19. The monoisotopic (exact) mass is 337 g/mol. The van der Waals surface area contributed by atoms with E-state index in [1.54, 1.807) is 22.9 Å². The minimum atomic E-state index is -4.52. The average Bonchev–Trinajstić information content (AvgIpc) is 2.95. The first-order valence-corrected chi connectivity index (χ1v) is 7.38. The summed E-state index contributed by atoms with van der Waals surface area (Å²) < 4.78 is 39.1. The lowest BCUT2D eigenvalue weighted by atomic mass is 9.97. The molecule has 1 fully saturated rings. The lowest BCUT2D eigenvalue weighted by molar-refractivity contribution is -0.137. The molecule has 128 valence electrons. The summed E-state index contributed by atoms with van der Waals surface area (Å²) >= 11 is 0. The molecule has 4 nitrogen and oxygen atoms in total. The van der Waals surface area contributed by atoms with Crippen molar-refractivity contribution in [3.05, 3.63) is 42.0 Å². The van der Waals surface area contributed by atoms with Crippen LogP contribution in [0.2, 0.25) is 0 Å². The molecule has 0 aromatic heterocycles. The standard InChI is InChI=1S/C17H18F3N3O/c1-4-15(24)23-6-5-16(2,11-23)22(3)14-8-12(10-21)7-13(9-14)17(18,19)20/h4,7-9H,1,5-6,11H2,2-3H3. The van der Waals surface area contributed by atoms with Crippen molar-refractivity contribution in [2.75, 3.05) is 25.0 Å². The van der Waals surface area contributed by atoms with E-state index in [-0.39, 0.29) is 11.5 Å². The third kappa shape index (κ3) is 3.37. The third-order valence-corrected chi connectivity index (χ3v) is 4.51.